The summed E-state index contributed by atoms with van der Waals surface area (Å²) in [6, 6.07) is 15.3. The van der Waals surface area contributed by atoms with E-state index in [4.69, 9.17) is 4.74 Å². The number of ether oxygens (including phenoxy) is 1. The molecule has 130 valence electrons. The van der Waals surface area contributed by atoms with Gasteiger partial charge in [0, 0.05) is 30.2 Å². The van der Waals surface area contributed by atoms with E-state index in [0.717, 1.165) is 22.0 Å². The number of aliphatic hydroxyl groups is 1. The molecule has 0 aliphatic heterocycles. The van der Waals surface area contributed by atoms with Crippen molar-refractivity contribution in [2.75, 3.05) is 19.0 Å². The van der Waals surface area contributed by atoms with Gasteiger partial charge in [-0.2, -0.15) is 0 Å². The first-order chi connectivity index (χ1) is 12.1. The monoisotopic (exact) mass is 338 g/mol. The fourth-order valence-corrected chi connectivity index (χ4v) is 2.91. The summed E-state index contributed by atoms with van der Waals surface area (Å²) in [5.74, 6) is -0.175. The summed E-state index contributed by atoms with van der Waals surface area (Å²) in [6.07, 6.45) is 0. The maximum absolute atomic E-state index is 12.9. The third kappa shape index (κ3) is 3.57. The first kappa shape index (κ1) is 17.2. The number of amides is 1. The highest BCUT2D eigenvalue weighted by atomic mass is 16.5. The van der Waals surface area contributed by atoms with Crippen molar-refractivity contribution in [1.82, 2.24) is 4.57 Å². The number of fused-ring (bicyclic) bond motifs is 1. The van der Waals surface area contributed by atoms with Crippen LogP contribution in [0.1, 0.15) is 21.6 Å². The average Bonchev–Trinajstić information content (AvgIpc) is 3.00. The minimum Gasteiger partial charge on any atom is -0.392 e. The standard InChI is InChI=1S/C20H22N2O3/c1-14-7-8-15(13-23)11-17(14)21-20(24)19-12-16-5-3-4-6-18(16)22(19)9-10-25-2/h3-8,11-12,23H,9-10,13H2,1-2H3,(H,21,24). The lowest BCUT2D eigenvalue weighted by Gasteiger charge is -2.13. The lowest BCUT2D eigenvalue weighted by Crippen LogP contribution is -2.19. The van der Waals surface area contributed by atoms with Gasteiger partial charge in [-0.05, 0) is 36.2 Å². The number of carbonyl (C=O) groups is 1. The molecule has 0 saturated carbocycles. The molecule has 0 bridgehead atoms. The van der Waals surface area contributed by atoms with E-state index in [9.17, 15) is 9.90 Å². The number of aromatic nitrogens is 1. The smallest absolute Gasteiger partial charge is 0.272 e. The Labute approximate surface area is 146 Å². The van der Waals surface area contributed by atoms with Gasteiger partial charge in [0.2, 0.25) is 0 Å². The van der Waals surface area contributed by atoms with E-state index >= 15 is 0 Å². The predicted octanol–water partition coefficient (Wildman–Crippen LogP) is 3.34. The number of rotatable bonds is 6. The van der Waals surface area contributed by atoms with Gasteiger partial charge >= 0.3 is 0 Å². The van der Waals surface area contributed by atoms with E-state index in [0.29, 0.717) is 24.5 Å². The van der Waals surface area contributed by atoms with Crippen molar-refractivity contribution in [1.29, 1.82) is 0 Å². The van der Waals surface area contributed by atoms with Crippen molar-refractivity contribution < 1.29 is 14.6 Å². The second-order valence-corrected chi connectivity index (χ2v) is 5.99. The van der Waals surface area contributed by atoms with Crippen molar-refractivity contribution in [3.05, 3.63) is 65.4 Å². The molecule has 1 heterocycles. The number of carbonyl (C=O) groups excluding carboxylic acids is 1. The van der Waals surface area contributed by atoms with Crippen LogP contribution in [0.5, 0.6) is 0 Å². The quantitative estimate of drug-likeness (QED) is 0.724. The van der Waals surface area contributed by atoms with Crippen molar-refractivity contribution in [3.8, 4) is 0 Å². The molecule has 25 heavy (non-hydrogen) atoms. The normalized spacial score (nSPS) is 11.0. The van der Waals surface area contributed by atoms with E-state index in [2.05, 4.69) is 5.32 Å². The summed E-state index contributed by atoms with van der Waals surface area (Å²) in [5, 5.41) is 13.3. The number of hydrogen-bond acceptors (Lipinski definition) is 3. The molecule has 1 aromatic heterocycles. The van der Waals surface area contributed by atoms with Gasteiger partial charge in [0.1, 0.15) is 5.69 Å². The molecule has 0 atom stereocenters. The summed E-state index contributed by atoms with van der Waals surface area (Å²) >= 11 is 0. The molecule has 3 aromatic rings. The zero-order chi connectivity index (χ0) is 17.8. The van der Waals surface area contributed by atoms with Gasteiger partial charge in [-0.1, -0.05) is 30.3 Å². The number of benzene rings is 2. The Morgan fingerprint density at radius 3 is 2.76 bits per heavy atom. The topological polar surface area (TPSA) is 63.5 Å². The maximum Gasteiger partial charge on any atom is 0.272 e. The molecule has 0 saturated heterocycles. The molecule has 0 unspecified atom stereocenters. The Kier molecular flexibility index (Phi) is 5.16. The average molecular weight is 338 g/mol. The van der Waals surface area contributed by atoms with Crippen LogP contribution in [-0.4, -0.2) is 29.3 Å². The van der Waals surface area contributed by atoms with Crippen LogP contribution in [0.3, 0.4) is 0 Å². The number of methoxy groups -OCH3 is 1. The van der Waals surface area contributed by atoms with Crippen LogP contribution >= 0.6 is 0 Å². The van der Waals surface area contributed by atoms with Crippen LogP contribution in [-0.2, 0) is 17.9 Å². The highest BCUT2D eigenvalue weighted by molar-refractivity contribution is 6.06. The van der Waals surface area contributed by atoms with E-state index in [1.807, 2.05) is 54.0 Å². The molecule has 2 aromatic carbocycles. The molecule has 0 spiro atoms. The minimum absolute atomic E-state index is 0.0583. The summed E-state index contributed by atoms with van der Waals surface area (Å²) in [7, 11) is 1.65. The van der Waals surface area contributed by atoms with Crippen LogP contribution in [0.25, 0.3) is 10.9 Å². The SMILES string of the molecule is COCCn1c(C(=O)Nc2cc(CO)ccc2C)cc2ccccc21. The molecule has 5 heteroatoms. The highest BCUT2D eigenvalue weighted by Crippen LogP contribution is 2.22. The van der Waals surface area contributed by atoms with Crippen molar-refractivity contribution in [2.45, 2.75) is 20.1 Å². The molecule has 5 nitrogen and oxygen atoms in total. The fourth-order valence-electron chi connectivity index (χ4n) is 2.91. The van der Waals surface area contributed by atoms with Gasteiger partial charge in [-0.25, -0.2) is 0 Å². The van der Waals surface area contributed by atoms with E-state index in [-0.39, 0.29) is 12.5 Å². The Hall–Kier alpha value is -2.63. The van der Waals surface area contributed by atoms with Crippen LogP contribution in [0.15, 0.2) is 48.5 Å². The Morgan fingerprint density at radius 2 is 2.00 bits per heavy atom. The number of nitrogens with one attached hydrogen (secondary N) is 1. The van der Waals surface area contributed by atoms with Crippen molar-refractivity contribution in [3.63, 3.8) is 0 Å². The molecule has 0 aliphatic rings. The molecule has 0 fully saturated rings. The van der Waals surface area contributed by atoms with Gasteiger partial charge < -0.3 is 19.7 Å². The number of nitrogens with zero attached hydrogens (tertiary/aromatic N) is 1. The number of anilines is 1. The van der Waals surface area contributed by atoms with E-state index < -0.39 is 0 Å². The molecular weight excluding hydrogens is 316 g/mol. The van der Waals surface area contributed by atoms with Crippen LogP contribution in [0.4, 0.5) is 5.69 Å². The summed E-state index contributed by atoms with van der Waals surface area (Å²) in [6.45, 7) is 2.99. The molecule has 1 amide bonds. The van der Waals surface area contributed by atoms with E-state index in [1.54, 1.807) is 13.2 Å². The lowest BCUT2D eigenvalue weighted by molar-refractivity contribution is 0.101. The number of hydrogen-bond donors (Lipinski definition) is 2. The first-order valence-corrected chi connectivity index (χ1v) is 8.23. The van der Waals surface area contributed by atoms with Gasteiger partial charge in [-0.3, -0.25) is 4.79 Å². The molecule has 0 aliphatic carbocycles. The molecule has 2 N–H and O–H groups in total. The predicted molar refractivity (Wildman–Crippen MR) is 98.9 cm³/mol. The summed E-state index contributed by atoms with van der Waals surface area (Å²) in [4.78, 5) is 12.9. The first-order valence-electron chi connectivity index (χ1n) is 8.23. The number of aryl methyl sites for hydroxylation is 1. The largest absolute Gasteiger partial charge is 0.392 e. The summed E-state index contributed by atoms with van der Waals surface area (Å²) < 4.78 is 7.16. The number of para-hydroxylation sites is 1. The van der Waals surface area contributed by atoms with Gasteiger partial charge in [0.15, 0.2) is 0 Å². The highest BCUT2D eigenvalue weighted by Gasteiger charge is 2.16. The fraction of sp³-hybridized carbons (Fsp3) is 0.250. The summed E-state index contributed by atoms with van der Waals surface area (Å²) in [5.41, 5.74) is 4.02. The zero-order valence-electron chi connectivity index (χ0n) is 14.5. The molecular formula is C20H22N2O3. The van der Waals surface area contributed by atoms with Crippen LogP contribution < -0.4 is 5.32 Å². The molecule has 3 rings (SSSR count). The Morgan fingerprint density at radius 1 is 1.20 bits per heavy atom. The third-order valence-corrected chi connectivity index (χ3v) is 4.29. The third-order valence-electron chi connectivity index (χ3n) is 4.29. The maximum atomic E-state index is 12.9. The van der Waals surface area contributed by atoms with Crippen LogP contribution in [0, 0.1) is 6.92 Å². The zero-order valence-corrected chi connectivity index (χ0v) is 14.5. The van der Waals surface area contributed by atoms with E-state index in [1.165, 1.54) is 0 Å². The molecule has 0 radical (unpaired) electrons. The number of aliphatic hydroxyl groups excluding tert-OH is 1. The van der Waals surface area contributed by atoms with Crippen LogP contribution in [0.2, 0.25) is 0 Å². The lowest BCUT2D eigenvalue weighted by atomic mass is 10.1. The second-order valence-electron chi connectivity index (χ2n) is 5.99. The Bertz CT molecular complexity index is 899. The Balaban J connectivity index is 1.96. The van der Waals surface area contributed by atoms with Crippen molar-refractivity contribution in [2.24, 2.45) is 0 Å². The van der Waals surface area contributed by atoms with Gasteiger partial charge in [-0.15, -0.1) is 0 Å². The second kappa shape index (κ2) is 7.51. The van der Waals surface area contributed by atoms with Crippen molar-refractivity contribution >= 4 is 22.5 Å². The minimum atomic E-state index is -0.175. The van der Waals surface area contributed by atoms with Gasteiger partial charge in [0.05, 0.1) is 13.2 Å². The van der Waals surface area contributed by atoms with Gasteiger partial charge in [0.25, 0.3) is 5.91 Å².